The molecule has 0 unspecified atom stereocenters. The van der Waals surface area contributed by atoms with Crippen LogP contribution in [0.25, 0.3) is 0 Å². The summed E-state index contributed by atoms with van der Waals surface area (Å²) < 4.78 is 0. The fourth-order valence-corrected chi connectivity index (χ4v) is 2.38. The lowest BCUT2D eigenvalue weighted by molar-refractivity contribution is 1.02. The van der Waals surface area contributed by atoms with E-state index in [1.54, 1.807) is 0 Å². The van der Waals surface area contributed by atoms with Crippen molar-refractivity contribution in [3.63, 3.8) is 0 Å². The van der Waals surface area contributed by atoms with Crippen LogP contribution in [0.1, 0.15) is 24.2 Å². The number of benzene rings is 1. The summed E-state index contributed by atoms with van der Waals surface area (Å²) in [6.07, 6.45) is 2.19. The minimum Gasteiger partial charge on any atom is -0.332 e. The van der Waals surface area contributed by atoms with Gasteiger partial charge in [0.1, 0.15) is 0 Å². The standard InChI is InChI=1S/C17H20N6S/c1-11-10-12(2)19-15(18-11)22-16(20-14-8-9-14)23-17(24)21-13-6-4-3-5-7-13/h3-7,10,14H,8-9H2,1-2H3,(H3,18,19,20,21,22,23,24). The summed E-state index contributed by atoms with van der Waals surface area (Å²) in [6.45, 7) is 3.87. The zero-order chi connectivity index (χ0) is 16.9. The van der Waals surface area contributed by atoms with Gasteiger partial charge >= 0.3 is 0 Å². The van der Waals surface area contributed by atoms with E-state index in [0.29, 0.717) is 23.1 Å². The molecule has 0 bridgehead atoms. The number of nitrogens with zero attached hydrogens (tertiary/aromatic N) is 3. The first-order chi connectivity index (χ1) is 11.6. The van der Waals surface area contributed by atoms with Crippen molar-refractivity contribution in [2.45, 2.75) is 32.7 Å². The summed E-state index contributed by atoms with van der Waals surface area (Å²) in [7, 11) is 0. The number of thiocarbonyl (C=S) groups is 1. The zero-order valence-electron chi connectivity index (χ0n) is 13.7. The van der Waals surface area contributed by atoms with Crippen LogP contribution in [0.3, 0.4) is 0 Å². The lowest BCUT2D eigenvalue weighted by Crippen LogP contribution is -2.39. The third-order valence-electron chi connectivity index (χ3n) is 3.33. The van der Waals surface area contributed by atoms with Crippen LogP contribution in [-0.2, 0) is 0 Å². The fraction of sp³-hybridized carbons (Fsp3) is 0.294. The molecule has 1 aliphatic carbocycles. The summed E-state index contributed by atoms with van der Waals surface area (Å²) in [5.74, 6) is 1.08. The molecule has 1 saturated carbocycles. The minimum atomic E-state index is 0.338. The molecule has 6 nitrogen and oxygen atoms in total. The Labute approximate surface area is 146 Å². The van der Waals surface area contributed by atoms with Gasteiger partial charge in [-0.15, -0.1) is 0 Å². The van der Waals surface area contributed by atoms with E-state index in [-0.39, 0.29) is 0 Å². The van der Waals surface area contributed by atoms with E-state index in [4.69, 9.17) is 12.2 Å². The van der Waals surface area contributed by atoms with Crippen molar-refractivity contribution in [2.24, 2.45) is 4.99 Å². The van der Waals surface area contributed by atoms with E-state index in [2.05, 4.69) is 30.9 Å². The maximum atomic E-state index is 5.37. The summed E-state index contributed by atoms with van der Waals surface area (Å²) in [6, 6.07) is 12.0. The van der Waals surface area contributed by atoms with Crippen LogP contribution in [0.4, 0.5) is 11.6 Å². The van der Waals surface area contributed by atoms with Crippen LogP contribution >= 0.6 is 12.2 Å². The molecule has 0 spiro atoms. The first kappa shape index (κ1) is 16.3. The first-order valence-corrected chi connectivity index (χ1v) is 8.29. The van der Waals surface area contributed by atoms with Gasteiger partial charge in [0.15, 0.2) is 5.11 Å². The van der Waals surface area contributed by atoms with Crippen molar-refractivity contribution >= 4 is 34.9 Å². The maximum Gasteiger partial charge on any atom is 0.229 e. The average molecular weight is 340 g/mol. The summed E-state index contributed by atoms with van der Waals surface area (Å²) in [5, 5.41) is 9.84. The predicted octanol–water partition coefficient (Wildman–Crippen LogP) is 3.01. The predicted molar refractivity (Wildman–Crippen MR) is 101 cm³/mol. The molecule has 0 atom stereocenters. The van der Waals surface area contributed by atoms with Crippen LogP contribution in [0, 0.1) is 13.8 Å². The number of nitrogens with one attached hydrogen (secondary N) is 3. The smallest absolute Gasteiger partial charge is 0.229 e. The van der Waals surface area contributed by atoms with Gasteiger partial charge in [-0.3, -0.25) is 5.32 Å². The van der Waals surface area contributed by atoms with E-state index in [9.17, 15) is 0 Å². The van der Waals surface area contributed by atoms with Gasteiger partial charge in [0, 0.05) is 17.1 Å². The normalized spacial score (nSPS) is 14.2. The molecule has 124 valence electrons. The monoisotopic (exact) mass is 340 g/mol. The third-order valence-corrected chi connectivity index (χ3v) is 3.54. The topological polar surface area (TPSA) is 74.2 Å². The zero-order valence-corrected chi connectivity index (χ0v) is 14.5. The second-order valence-electron chi connectivity index (χ2n) is 5.75. The Morgan fingerprint density at radius 2 is 1.75 bits per heavy atom. The van der Waals surface area contributed by atoms with Crippen LogP contribution in [-0.4, -0.2) is 27.1 Å². The SMILES string of the molecule is Cc1cc(C)nc(NC(=NC2CC2)NC(=S)Nc2ccccc2)n1. The molecule has 3 N–H and O–H groups in total. The highest BCUT2D eigenvalue weighted by Crippen LogP contribution is 2.23. The van der Waals surface area contributed by atoms with E-state index in [0.717, 1.165) is 29.9 Å². The Hall–Kier alpha value is -2.54. The molecule has 1 aromatic heterocycles. The number of hydrogen-bond acceptors (Lipinski definition) is 4. The van der Waals surface area contributed by atoms with Gasteiger partial charge in [-0.05, 0) is 57.1 Å². The van der Waals surface area contributed by atoms with Crippen molar-refractivity contribution in [3.8, 4) is 0 Å². The van der Waals surface area contributed by atoms with Gasteiger partial charge in [0.25, 0.3) is 0 Å². The number of para-hydroxylation sites is 1. The number of aliphatic imine (C=N–C) groups is 1. The molecule has 0 radical (unpaired) electrons. The highest BCUT2D eigenvalue weighted by Gasteiger charge is 2.22. The fourth-order valence-electron chi connectivity index (χ4n) is 2.16. The highest BCUT2D eigenvalue weighted by atomic mass is 32.1. The summed E-state index contributed by atoms with van der Waals surface area (Å²) in [4.78, 5) is 13.4. The van der Waals surface area contributed by atoms with E-state index < -0.39 is 0 Å². The molecule has 1 heterocycles. The molecule has 1 fully saturated rings. The summed E-state index contributed by atoms with van der Waals surface area (Å²) >= 11 is 5.37. The number of aromatic nitrogens is 2. The molecule has 1 aromatic carbocycles. The number of guanidine groups is 1. The molecule has 0 saturated heterocycles. The van der Waals surface area contributed by atoms with Crippen molar-refractivity contribution in [1.29, 1.82) is 0 Å². The van der Waals surface area contributed by atoms with Crippen LogP contribution < -0.4 is 16.0 Å². The van der Waals surface area contributed by atoms with E-state index in [1.807, 2.05) is 50.2 Å². The largest absolute Gasteiger partial charge is 0.332 e. The molecule has 24 heavy (non-hydrogen) atoms. The van der Waals surface area contributed by atoms with Crippen LogP contribution in [0.5, 0.6) is 0 Å². The van der Waals surface area contributed by atoms with Crippen LogP contribution in [0.2, 0.25) is 0 Å². The molecule has 0 aliphatic heterocycles. The minimum absolute atomic E-state index is 0.338. The van der Waals surface area contributed by atoms with E-state index in [1.165, 1.54) is 0 Å². The Morgan fingerprint density at radius 3 is 2.38 bits per heavy atom. The molecule has 2 aromatic rings. The first-order valence-electron chi connectivity index (χ1n) is 7.88. The summed E-state index contributed by atoms with van der Waals surface area (Å²) in [5.41, 5.74) is 2.73. The highest BCUT2D eigenvalue weighted by molar-refractivity contribution is 7.80. The Kier molecular flexibility index (Phi) is 5.00. The average Bonchev–Trinajstić information content (AvgIpc) is 3.31. The van der Waals surface area contributed by atoms with Crippen molar-refractivity contribution in [3.05, 3.63) is 47.8 Å². The van der Waals surface area contributed by atoms with Gasteiger partial charge in [0.2, 0.25) is 11.9 Å². The second kappa shape index (κ2) is 7.35. The second-order valence-corrected chi connectivity index (χ2v) is 6.16. The number of anilines is 2. The van der Waals surface area contributed by atoms with Crippen molar-refractivity contribution in [1.82, 2.24) is 15.3 Å². The third kappa shape index (κ3) is 4.99. The van der Waals surface area contributed by atoms with E-state index >= 15 is 0 Å². The Balaban J connectivity index is 1.69. The Bertz CT molecular complexity index is 735. The molecular weight excluding hydrogens is 320 g/mol. The molecule has 0 amide bonds. The Morgan fingerprint density at radius 1 is 1.08 bits per heavy atom. The lowest BCUT2D eigenvalue weighted by atomic mass is 10.3. The number of rotatable bonds is 3. The van der Waals surface area contributed by atoms with Crippen molar-refractivity contribution < 1.29 is 0 Å². The molecular formula is C17H20N6S. The van der Waals surface area contributed by atoms with Gasteiger partial charge in [-0.2, -0.15) is 0 Å². The van der Waals surface area contributed by atoms with Gasteiger partial charge in [-0.25, -0.2) is 15.0 Å². The lowest BCUT2D eigenvalue weighted by Gasteiger charge is -2.14. The van der Waals surface area contributed by atoms with Gasteiger partial charge < -0.3 is 10.6 Å². The maximum absolute atomic E-state index is 5.37. The molecule has 1 aliphatic rings. The number of aryl methyl sites for hydroxylation is 2. The van der Waals surface area contributed by atoms with Gasteiger partial charge in [0.05, 0.1) is 6.04 Å². The quantitative estimate of drug-likeness (QED) is 0.453. The molecule has 7 heteroatoms. The molecule has 3 rings (SSSR count). The van der Waals surface area contributed by atoms with Crippen molar-refractivity contribution in [2.75, 3.05) is 10.6 Å². The van der Waals surface area contributed by atoms with Gasteiger partial charge in [-0.1, -0.05) is 18.2 Å². The number of hydrogen-bond donors (Lipinski definition) is 3. The van der Waals surface area contributed by atoms with Crippen LogP contribution in [0.15, 0.2) is 41.4 Å².